The molecule has 0 unspecified atom stereocenters. The fourth-order valence-electron chi connectivity index (χ4n) is 1.29. The second kappa shape index (κ2) is 7.26. The molecule has 0 saturated heterocycles. The minimum absolute atomic E-state index is 0.0231. The minimum atomic E-state index is -0.345. The van der Waals surface area contributed by atoms with E-state index < -0.39 is 0 Å². The van der Waals surface area contributed by atoms with Crippen LogP contribution < -0.4 is 0 Å². The van der Waals surface area contributed by atoms with Crippen molar-refractivity contribution in [3.8, 4) is 0 Å². The summed E-state index contributed by atoms with van der Waals surface area (Å²) in [6.45, 7) is 3.80. The highest BCUT2D eigenvalue weighted by atomic mass is 16.7. The summed E-state index contributed by atoms with van der Waals surface area (Å²) in [6.07, 6.45) is -0.0663. The van der Waals surface area contributed by atoms with Crippen molar-refractivity contribution in [3.05, 3.63) is 6.92 Å². The van der Waals surface area contributed by atoms with Gasteiger partial charge < -0.3 is 18.9 Å². The smallest absolute Gasteiger partial charge is 0.164 e. The maximum atomic E-state index is 5.11. The number of rotatable bonds is 7. The van der Waals surface area contributed by atoms with E-state index in [1.54, 1.807) is 28.4 Å². The molecule has 0 spiro atoms. The van der Waals surface area contributed by atoms with Crippen LogP contribution in [0.1, 0.15) is 6.42 Å². The van der Waals surface area contributed by atoms with Gasteiger partial charge in [-0.15, -0.1) is 0 Å². The highest BCUT2D eigenvalue weighted by Crippen LogP contribution is 2.19. The van der Waals surface area contributed by atoms with Crippen molar-refractivity contribution in [2.45, 2.75) is 19.0 Å². The van der Waals surface area contributed by atoms with Gasteiger partial charge in [0.05, 0.1) is 5.92 Å². The van der Waals surface area contributed by atoms with Crippen molar-refractivity contribution < 1.29 is 18.9 Å². The Morgan fingerprint density at radius 1 is 0.846 bits per heavy atom. The Morgan fingerprint density at radius 2 is 1.15 bits per heavy atom. The molecule has 0 N–H and O–H groups in total. The molecule has 0 aliphatic carbocycles. The van der Waals surface area contributed by atoms with Crippen LogP contribution in [-0.4, -0.2) is 41.0 Å². The van der Waals surface area contributed by atoms with Gasteiger partial charge in [0.25, 0.3) is 0 Å². The molecular formula is C9H19O4. The summed E-state index contributed by atoms with van der Waals surface area (Å²) in [5, 5.41) is 0. The Bertz CT molecular complexity index is 98.2. The molecule has 0 atom stereocenters. The third-order valence-corrected chi connectivity index (χ3v) is 1.96. The monoisotopic (exact) mass is 191 g/mol. The zero-order chi connectivity index (χ0) is 10.3. The zero-order valence-corrected chi connectivity index (χ0v) is 8.78. The molecule has 0 fully saturated rings. The van der Waals surface area contributed by atoms with E-state index >= 15 is 0 Å². The van der Waals surface area contributed by atoms with Crippen molar-refractivity contribution >= 4 is 0 Å². The fraction of sp³-hybridized carbons (Fsp3) is 0.889. The molecule has 13 heavy (non-hydrogen) atoms. The van der Waals surface area contributed by atoms with Crippen LogP contribution in [0.5, 0.6) is 0 Å². The van der Waals surface area contributed by atoms with Gasteiger partial charge in [0.1, 0.15) is 0 Å². The average Bonchev–Trinajstić information content (AvgIpc) is 2.18. The molecule has 0 aromatic heterocycles. The predicted octanol–water partition coefficient (Wildman–Crippen LogP) is 1.06. The zero-order valence-electron chi connectivity index (χ0n) is 8.78. The van der Waals surface area contributed by atoms with E-state index in [0.29, 0.717) is 6.42 Å². The summed E-state index contributed by atoms with van der Waals surface area (Å²) in [5.74, 6) is -0.0231. The van der Waals surface area contributed by atoms with E-state index in [9.17, 15) is 0 Å². The molecule has 0 aromatic rings. The Hall–Kier alpha value is -0.160. The highest BCUT2D eigenvalue weighted by molar-refractivity contribution is 4.68. The first-order chi connectivity index (χ1) is 6.24. The molecule has 0 heterocycles. The minimum Gasteiger partial charge on any atom is -0.355 e. The van der Waals surface area contributed by atoms with Crippen LogP contribution in [0.25, 0.3) is 0 Å². The van der Waals surface area contributed by atoms with E-state index in [1.807, 2.05) is 0 Å². The largest absolute Gasteiger partial charge is 0.355 e. The number of hydrogen-bond donors (Lipinski definition) is 0. The topological polar surface area (TPSA) is 36.9 Å². The molecule has 0 bridgehead atoms. The molecule has 0 aromatic carbocycles. The van der Waals surface area contributed by atoms with Gasteiger partial charge in [-0.1, -0.05) is 6.92 Å². The normalized spacial score (nSPS) is 12.0. The van der Waals surface area contributed by atoms with E-state index in [-0.39, 0.29) is 18.5 Å². The lowest BCUT2D eigenvalue weighted by atomic mass is 10.1. The van der Waals surface area contributed by atoms with Gasteiger partial charge in [-0.3, -0.25) is 0 Å². The van der Waals surface area contributed by atoms with E-state index in [1.165, 1.54) is 0 Å². The summed E-state index contributed by atoms with van der Waals surface area (Å²) < 4.78 is 20.5. The Labute approximate surface area is 80.1 Å². The number of methoxy groups -OCH3 is 4. The predicted molar refractivity (Wildman–Crippen MR) is 49.1 cm³/mol. The molecule has 79 valence electrons. The SMILES string of the molecule is [CH2]CC(C(OC)OC)C(OC)OC. The molecule has 4 heteroatoms. The van der Waals surface area contributed by atoms with Gasteiger partial charge in [0, 0.05) is 28.4 Å². The standard InChI is InChI=1S/C9H19O4/c1-6-7(8(10-2)11-3)9(12-4)13-5/h7-9H,1,6H2,2-5H3. The van der Waals surface area contributed by atoms with Crippen LogP contribution in [-0.2, 0) is 18.9 Å². The maximum absolute atomic E-state index is 5.11. The van der Waals surface area contributed by atoms with E-state index in [2.05, 4.69) is 6.92 Å². The number of ether oxygens (including phenoxy) is 4. The average molecular weight is 191 g/mol. The molecular weight excluding hydrogens is 172 g/mol. The Balaban J connectivity index is 4.26. The van der Waals surface area contributed by atoms with Crippen LogP contribution >= 0.6 is 0 Å². The van der Waals surface area contributed by atoms with Crippen molar-refractivity contribution in [2.24, 2.45) is 5.92 Å². The fourth-order valence-corrected chi connectivity index (χ4v) is 1.29. The lowest BCUT2D eigenvalue weighted by molar-refractivity contribution is -0.220. The first-order valence-electron chi connectivity index (χ1n) is 4.15. The second-order valence-electron chi connectivity index (χ2n) is 2.63. The molecule has 4 nitrogen and oxygen atoms in total. The summed E-state index contributed by atoms with van der Waals surface area (Å²) in [5.41, 5.74) is 0. The Morgan fingerprint density at radius 3 is 1.31 bits per heavy atom. The van der Waals surface area contributed by atoms with Crippen LogP contribution in [0, 0.1) is 12.8 Å². The van der Waals surface area contributed by atoms with Gasteiger partial charge in [-0.25, -0.2) is 0 Å². The van der Waals surface area contributed by atoms with Crippen molar-refractivity contribution in [3.63, 3.8) is 0 Å². The summed E-state index contributed by atoms with van der Waals surface area (Å²) in [7, 11) is 6.33. The molecule has 0 aliphatic rings. The van der Waals surface area contributed by atoms with E-state index in [0.717, 1.165) is 0 Å². The highest BCUT2D eigenvalue weighted by Gasteiger charge is 2.28. The van der Waals surface area contributed by atoms with Gasteiger partial charge in [-0.2, -0.15) is 0 Å². The van der Waals surface area contributed by atoms with E-state index in [4.69, 9.17) is 18.9 Å². The van der Waals surface area contributed by atoms with Crippen molar-refractivity contribution in [1.29, 1.82) is 0 Å². The van der Waals surface area contributed by atoms with Gasteiger partial charge in [0.15, 0.2) is 12.6 Å². The van der Waals surface area contributed by atoms with Crippen LogP contribution in [0.4, 0.5) is 0 Å². The number of hydrogen-bond acceptors (Lipinski definition) is 4. The molecule has 0 saturated carbocycles. The third-order valence-electron chi connectivity index (χ3n) is 1.96. The quantitative estimate of drug-likeness (QED) is 0.564. The third kappa shape index (κ3) is 3.60. The van der Waals surface area contributed by atoms with Gasteiger partial charge in [-0.05, 0) is 6.42 Å². The molecule has 0 rings (SSSR count). The van der Waals surface area contributed by atoms with Gasteiger partial charge in [0.2, 0.25) is 0 Å². The van der Waals surface area contributed by atoms with Crippen molar-refractivity contribution in [1.82, 2.24) is 0 Å². The summed E-state index contributed by atoms with van der Waals surface area (Å²) >= 11 is 0. The second-order valence-corrected chi connectivity index (χ2v) is 2.63. The molecule has 1 radical (unpaired) electrons. The first-order valence-corrected chi connectivity index (χ1v) is 4.15. The molecule has 0 aliphatic heterocycles. The summed E-state index contributed by atoms with van der Waals surface area (Å²) in [6, 6.07) is 0. The van der Waals surface area contributed by atoms with Crippen LogP contribution in [0.2, 0.25) is 0 Å². The first kappa shape index (κ1) is 12.8. The lowest BCUT2D eigenvalue weighted by Crippen LogP contribution is -2.36. The van der Waals surface area contributed by atoms with Gasteiger partial charge >= 0.3 is 0 Å². The molecule has 0 amide bonds. The summed E-state index contributed by atoms with van der Waals surface area (Å²) in [4.78, 5) is 0. The van der Waals surface area contributed by atoms with Crippen LogP contribution in [0.3, 0.4) is 0 Å². The lowest BCUT2D eigenvalue weighted by Gasteiger charge is -2.28. The Kier molecular flexibility index (Phi) is 7.17. The van der Waals surface area contributed by atoms with Crippen molar-refractivity contribution in [2.75, 3.05) is 28.4 Å². The van der Waals surface area contributed by atoms with Crippen LogP contribution in [0.15, 0.2) is 0 Å². The maximum Gasteiger partial charge on any atom is 0.164 e.